The van der Waals surface area contributed by atoms with Gasteiger partial charge in [-0.25, -0.2) is 13.1 Å². The number of benzene rings is 4. The lowest BCUT2D eigenvalue weighted by Gasteiger charge is -2.39. The average Bonchev–Trinajstić information content (AvgIpc) is 3.60. The summed E-state index contributed by atoms with van der Waals surface area (Å²) in [6, 6.07) is 21.9. The monoisotopic (exact) mass is 860 g/mol. The molecule has 0 spiro atoms. The smallest absolute Gasteiger partial charge is 0.293 e. The zero-order valence-corrected chi connectivity index (χ0v) is 35.3. The van der Waals surface area contributed by atoms with Crippen molar-refractivity contribution in [2.75, 3.05) is 63.2 Å². The van der Waals surface area contributed by atoms with Crippen LogP contribution < -0.4 is 19.7 Å². The van der Waals surface area contributed by atoms with Crippen molar-refractivity contribution >= 4 is 72.7 Å². The number of piperazine rings is 1. The highest BCUT2D eigenvalue weighted by atomic mass is 35.5. The van der Waals surface area contributed by atoms with Crippen LogP contribution in [0.5, 0.6) is 11.5 Å². The number of hydrogen-bond acceptors (Lipinski definition) is 10. The van der Waals surface area contributed by atoms with E-state index >= 15 is 0 Å². The lowest BCUT2D eigenvalue weighted by atomic mass is 9.72. The van der Waals surface area contributed by atoms with Crippen molar-refractivity contribution in [2.45, 2.75) is 38.0 Å². The van der Waals surface area contributed by atoms with E-state index < -0.39 is 31.4 Å². The quantitative estimate of drug-likeness (QED) is 0.0559. The molecule has 5 aromatic rings. The minimum Gasteiger partial charge on any atom is -0.456 e. The molecular formula is C43H46Cl2N6O7S. The molecule has 1 amide bonds. The number of nitrogens with one attached hydrogen (secondary N) is 3. The van der Waals surface area contributed by atoms with Crippen molar-refractivity contribution in [2.24, 2.45) is 5.41 Å². The summed E-state index contributed by atoms with van der Waals surface area (Å²) in [5, 5.41) is 16.5. The number of nitro groups is 1. The molecule has 13 nitrogen and oxygen atoms in total. The number of aromatic amines is 1. The molecule has 3 N–H and O–H groups in total. The number of allylic oxidation sites excluding steroid dienone is 1. The summed E-state index contributed by atoms with van der Waals surface area (Å²) >= 11 is 12.8. The van der Waals surface area contributed by atoms with E-state index in [-0.39, 0.29) is 35.6 Å². The number of anilines is 2. The Morgan fingerprint density at radius 2 is 1.75 bits per heavy atom. The summed E-state index contributed by atoms with van der Waals surface area (Å²) < 4.78 is 40.7. The van der Waals surface area contributed by atoms with Crippen LogP contribution in [0, 0.1) is 15.5 Å². The summed E-state index contributed by atoms with van der Waals surface area (Å²) in [5.41, 5.74) is 5.39. The van der Waals surface area contributed by atoms with E-state index in [4.69, 9.17) is 32.7 Å². The maximum Gasteiger partial charge on any atom is 0.293 e. The van der Waals surface area contributed by atoms with Gasteiger partial charge in [0.25, 0.3) is 21.6 Å². The molecule has 7 rings (SSSR count). The van der Waals surface area contributed by atoms with E-state index in [1.165, 1.54) is 42.0 Å². The first-order valence-electron chi connectivity index (χ1n) is 19.3. The number of aromatic nitrogens is 1. The van der Waals surface area contributed by atoms with Gasteiger partial charge in [-0.2, -0.15) is 0 Å². The summed E-state index contributed by atoms with van der Waals surface area (Å²) in [6.07, 6.45) is 4.81. The SMILES string of the molecule is COCCNc1ccc(S(=O)(=O)NC(=O)c2ccc(N3CCN(CC4=C(c5ccc(Cl)cc5)CC(C)(C)CC4)CC3)cc2Oc2cccc3[nH]cc(Cl)c23)cc1[N+](=O)[O-]. The van der Waals surface area contributed by atoms with Crippen LogP contribution >= 0.6 is 23.2 Å². The number of sulfonamides is 1. The van der Waals surface area contributed by atoms with Crippen molar-refractivity contribution < 1.29 is 27.6 Å². The number of rotatable bonds is 14. The number of fused-ring (bicyclic) bond motifs is 1. The number of carbonyl (C=O) groups is 1. The number of methoxy groups -OCH3 is 1. The molecule has 0 saturated carbocycles. The number of ether oxygens (including phenoxy) is 2. The molecule has 2 aliphatic rings. The molecule has 59 heavy (non-hydrogen) atoms. The normalized spacial score (nSPS) is 16.0. The maximum atomic E-state index is 13.9. The standard InChI is InChI=1S/C43H46Cl2N6O7S/c1-43(2)16-15-29(34(25-43)28-7-9-30(44)10-8-28)27-49-18-20-50(21-19-49)31-11-13-33(40(23-31)58-39-6-4-5-37-41(39)35(45)26-47-37)42(52)48-59(55,56)32-12-14-36(46-17-22-57-3)38(24-32)51(53)54/h4-14,23-24,26,46-47H,15-22,25,27H2,1-3H3,(H,48,52). The number of carbonyl (C=O) groups excluding carboxylic acids is 1. The van der Waals surface area contributed by atoms with E-state index in [0.717, 1.165) is 55.7 Å². The van der Waals surface area contributed by atoms with Crippen LogP contribution in [0.15, 0.2) is 95.5 Å². The first-order valence-corrected chi connectivity index (χ1v) is 21.6. The predicted molar refractivity (Wildman–Crippen MR) is 233 cm³/mol. The minimum atomic E-state index is -4.57. The molecule has 0 radical (unpaired) electrons. The van der Waals surface area contributed by atoms with Gasteiger partial charge >= 0.3 is 0 Å². The van der Waals surface area contributed by atoms with Gasteiger partial charge in [0.15, 0.2) is 0 Å². The molecular weight excluding hydrogens is 815 g/mol. The lowest BCUT2D eigenvalue weighted by Crippen LogP contribution is -2.47. The molecule has 16 heteroatoms. The number of nitrogens with zero attached hydrogens (tertiary/aromatic N) is 3. The van der Waals surface area contributed by atoms with Gasteiger partial charge in [-0.15, -0.1) is 0 Å². The summed E-state index contributed by atoms with van der Waals surface area (Å²) in [5.74, 6) is -0.511. The Hall–Kier alpha value is -5.12. The number of H-pyrrole nitrogens is 1. The van der Waals surface area contributed by atoms with Crippen LogP contribution in [0.3, 0.4) is 0 Å². The maximum absolute atomic E-state index is 13.9. The van der Waals surface area contributed by atoms with Crippen molar-refractivity contribution in [3.8, 4) is 11.5 Å². The van der Waals surface area contributed by atoms with Crippen LogP contribution in [0.2, 0.25) is 10.0 Å². The predicted octanol–water partition coefficient (Wildman–Crippen LogP) is 9.14. The summed E-state index contributed by atoms with van der Waals surface area (Å²) in [6.45, 7) is 9.11. The van der Waals surface area contributed by atoms with Crippen LogP contribution in [-0.4, -0.2) is 82.1 Å². The molecule has 0 unspecified atom stereocenters. The zero-order chi connectivity index (χ0) is 41.9. The summed E-state index contributed by atoms with van der Waals surface area (Å²) in [7, 11) is -3.08. The second kappa shape index (κ2) is 17.6. The molecule has 310 valence electrons. The Morgan fingerprint density at radius 1 is 0.983 bits per heavy atom. The van der Waals surface area contributed by atoms with Gasteiger partial charge in [0.05, 0.1) is 37.9 Å². The van der Waals surface area contributed by atoms with Gasteiger partial charge in [-0.3, -0.25) is 19.8 Å². The Morgan fingerprint density at radius 3 is 2.47 bits per heavy atom. The van der Waals surface area contributed by atoms with E-state index in [2.05, 4.69) is 50.8 Å². The van der Waals surface area contributed by atoms with Crippen LogP contribution in [0.4, 0.5) is 17.1 Å². The van der Waals surface area contributed by atoms with E-state index in [0.29, 0.717) is 34.8 Å². The van der Waals surface area contributed by atoms with Crippen LogP contribution in [0.25, 0.3) is 16.5 Å². The Bertz CT molecular complexity index is 2520. The summed E-state index contributed by atoms with van der Waals surface area (Å²) in [4.78, 5) is 32.4. The molecule has 1 aromatic heterocycles. The second-order valence-corrected chi connectivity index (χ2v) is 18.1. The van der Waals surface area contributed by atoms with Gasteiger partial charge < -0.3 is 24.7 Å². The largest absolute Gasteiger partial charge is 0.456 e. The molecule has 1 aliphatic heterocycles. The van der Waals surface area contributed by atoms with Crippen LogP contribution in [0.1, 0.15) is 49.0 Å². The third-order valence-corrected chi connectivity index (χ3v) is 12.8. The van der Waals surface area contributed by atoms with Gasteiger partial charge in [-0.05, 0) is 84.3 Å². The molecule has 0 bridgehead atoms. The van der Waals surface area contributed by atoms with Crippen molar-refractivity contribution in [1.29, 1.82) is 0 Å². The molecule has 0 atom stereocenters. The third-order valence-electron chi connectivity index (χ3n) is 10.9. The lowest BCUT2D eigenvalue weighted by molar-refractivity contribution is -0.384. The molecule has 4 aromatic carbocycles. The fourth-order valence-electron chi connectivity index (χ4n) is 7.70. The van der Waals surface area contributed by atoms with Crippen molar-refractivity contribution in [3.05, 3.63) is 122 Å². The zero-order valence-electron chi connectivity index (χ0n) is 33.0. The number of halogens is 2. The molecule has 1 saturated heterocycles. The van der Waals surface area contributed by atoms with E-state index in [1.807, 2.05) is 18.2 Å². The van der Waals surface area contributed by atoms with Gasteiger partial charge in [0, 0.05) is 75.4 Å². The number of hydrogen-bond donors (Lipinski definition) is 3. The van der Waals surface area contributed by atoms with Gasteiger partial charge in [0.2, 0.25) is 0 Å². The Labute approximate surface area is 353 Å². The van der Waals surface area contributed by atoms with Crippen molar-refractivity contribution in [1.82, 2.24) is 14.6 Å². The van der Waals surface area contributed by atoms with E-state index in [1.54, 1.807) is 30.5 Å². The van der Waals surface area contributed by atoms with Crippen molar-refractivity contribution in [3.63, 3.8) is 0 Å². The Balaban J connectivity index is 1.13. The highest BCUT2D eigenvalue weighted by molar-refractivity contribution is 7.90. The minimum absolute atomic E-state index is 0.0612. The molecule has 1 fully saturated rings. The third kappa shape index (κ3) is 9.69. The van der Waals surface area contributed by atoms with Crippen LogP contribution in [-0.2, 0) is 14.8 Å². The fraction of sp³-hybridized carbons (Fsp3) is 0.326. The number of amides is 1. The number of nitro benzene ring substituents is 1. The first-order chi connectivity index (χ1) is 28.2. The average molecular weight is 862 g/mol. The van der Waals surface area contributed by atoms with E-state index in [9.17, 15) is 23.3 Å². The molecule has 1 aliphatic carbocycles. The highest BCUT2D eigenvalue weighted by Crippen LogP contribution is 2.44. The fourth-order valence-corrected chi connectivity index (χ4v) is 9.06. The molecule has 2 heterocycles. The Kier molecular flexibility index (Phi) is 12.5. The van der Waals surface area contributed by atoms with Gasteiger partial charge in [-0.1, -0.05) is 60.8 Å². The second-order valence-electron chi connectivity index (χ2n) is 15.6. The first kappa shape index (κ1) is 42.0. The topological polar surface area (TPSA) is 159 Å². The highest BCUT2D eigenvalue weighted by Gasteiger charge is 2.30. The van der Waals surface area contributed by atoms with Gasteiger partial charge in [0.1, 0.15) is 17.2 Å².